The Hall–Kier alpha value is -3.22. The summed E-state index contributed by atoms with van der Waals surface area (Å²) in [6.45, 7) is 0.281. The second-order valence-electron chi connectivity index (χ2n) is 5.04. The molecule has 0 spiro atoms. The molecule has 0 aliphatic heterocycles. The summed E-state index contributed by atoms with van der Waals surface area (Å²) in [7, 11) is 0. The standard InChI is InChI=1S/C16H16N6O/c17-13-5-3-12(4-6-13)16(23)19-10-15-20-14(21-22-15)8-11-2-1-7-18-9-11/h1-7,9H,8,10,17H2,(H,19,23)(H,20,21,22). The van der Waals surface area contributed by atoms with Crippen LogP contribution >= 0.6 is 0 Å². The van der Waals surface area contributed by atoms with Gasteiger partial charge in [0, 0.05) is 30.1 Å². The van der Waals surface area contributed by atoms with Gasteiger partial charge in [-0.3, -0.25) is 14.9 Å². The van der Waals surface area contributed by atoms with E-state index in [9.17, 15) is 4.79 Å². The van der Waals surface area contributed by atoms with E-state index in [1.807, 2.05) is 12.1 Å². The number of rotatable bonds is 5. The van der Waals surface area contributed by atoms with Crippen LogP contribution in [-0.2, 0) is 13.0 Å². The number of nitrogens with zero attached hydrogens (tertiary/aromatic N) is 3. The van der Waals surface area contributed by atoms with Crippen LogP contribution in [0.5, 0.6) is 0 Å². The molecule has 0 saturated heterocycles. The first-order valence-corrected chi connectivity index (χ1v) is 7.13. The molecule has 23 heavy (non-hydrogen) atoms. The van der Waals surface area contributed by atoms with Crippen molar-refractivity contribution in [2.24, 2.45) is 0 Å². The lowest BCUT2D eigenvalue weighted by Gasteiger charge is -2.03. The molecule has 0 bridgehead atoms. The minimum absolute atomic E-state index is 0.185. The maximum Gasteiger partial charge on any atom is 0.251 e. The number of benzene rings is 1. The number of hydrogen-bond donors (Lipinski definition) is 3. The summed E-state index contributed by atoms with van der Waals surface area (Å²) in [5.41, 5.74) is 7.80. The molecular weight excluding hydrogens is 292 g/mol. The summed E-state index contributed by atoms with van der Waals surface area (Å²) in [6.07, 6.45) is 4.09. The second-order valence-corrected chi connectivity index (χ2v) is 5.04. The molecule has 1 amide bonds. The number of carbonyl (C=O) groups is 1. The van der Waals surface area contributed by atoms with Crippen molar-refractivity contribution >= 4 is 11.6 Å². The number of anilines is 1. The molecule has 7 nitrogen and oxygen atoms in total. The summed E-state index contributed by atoms with van der Waals surface area (Å²) >= 11 is 0. The molecule has 0 atom stereocenters. The Kier molecular flexibility index (Phi) is 4.28. The summed E-state index contributed by atoms with van der Waals surface area (Å²) in [5, 5.41) is 9.75. The lowest BCUT2D eigenvalue weighted by Crippen LogP contribution is -2.23. The molecule has 2 heterocycles. The molecule has 0 unspecified atom stereocenters. The summed E-state index contributed by atoms with van der Waals surface area (Å²) < 4.78 is 0. The van der Waals surface area contributed by atoms with Crippen LogP contribution in [0.25, 0.3) is 0 Å². The molecule has 0 aliphatic carbocycles. The monoisotopic (exact) mass is 308 g/mol. The van der Waals surface area contributed by atoms with Crippen LogP contribution in [0.4, 0.5) is 5.69 Å². The highest BCUT2D eigenvalue weighted by Crippen LogP contribution is 2.06. The van der Waals surface area contributed by atoms with Gasteiger partial charge in [-0.2, -0.15) is 5.10 Å². The van der Waals surface area contributed by atoms with Crippen molar-refractivity contribution in [1.29, 1.82) is 0 Å². The fourth-order valence-corrected chi connectivity index (χ4v) is 2.08. The molecule has 0 fully saturated rings. The highest BCUT2D eigenvalue weighted by molar-refractivity contribution is 5.94. The number of aromatic amines is 1. The number of amides is 1. The predicted octanol–water partition coefficient (Wildman–Crippen LogP) is 1.30. The lowest BCUT2D eigenvalue weighted by molar-refractivity contribution is 0.0950. The maximum atomic E-state index is 12.0. The van der Waals surface area contributed by atoms with Crippen molar-refractivity contribution in [2.75, 3.05) is 5.73 Å². The average Bonchev–Trinajstić information content (AvgIpc) is 3.02. The first kappa shape index (κ1) is 14.7. The molecule has 0 aliphatic rings. The second kappa shape index (κ2) is 6.69. The van der Waals surface area contributed by atoms with Gasteiger partial charge in [-0.25, -0.2) is 4.98 Å². The lowest BCUT2D eigenvalue weighted by atomic mass is 10.2. The molecule has 0 saturated carbocycles. The fourth-order valence-electron chi connectivity index (χ4n) is 2.08. The molecule has 7 heteroatoms. The fraction of sp³-hybridized carbons (Fsp3) is 0.125. The van der Waals surface area contributed by atoms with E-state index in [1.165, 1.54) is 0 Å². The Balaban J connectivity index is 1.57. The Morgan fingerprint density at radius 1 is 1.22 bits per heavy atom. The predicted molar refractivity (Wildman–Crippen MR) is 85.5 cm³/mol. The molecule has 1 aromatic carbocycles. The third kappa shape index (κ3) is 3.91. The van der Waals surface area contributed by atoms with Gasteiger partial charge >= 0.3 is 0 Å². The van der Waals surface area contributed by atoms with E-state index in [0.717, 1.165) is 5.56 Å². The van der Waals surface area contributed by atoms with Gasteiger partial charge in [0.15, 0.2) is 5.82 Å². The molecule has 3 rings (SSSR count). The zero-order valence-corrected chi connectivity index (χ0v) is 12.4. The van der Waals surface area contributed by atoms with Crippen LogP contribution < -0.4 is 11.1 Å². The van der Waals surface area contributed by atoms with Crippen molar-refractivity contribution < 1.29 is 4.79 Å². The van der Waals surface area contributed by atoms with Gasteiger partial charge in [0.1, 0.15) is 5.82 Å². The van der Waals surface area contributed by atoms with Crippen molar-refractivity contribution in [1.82, 2.24) is 25.5 Å². The number of aromatic nitrogens is 4. The van der Waals surface area contributed by atoms with Gasteiger partial charge in [-0.05, 0) is 35.9 Å². The Morgan fingerprint density at radius 2 is 2.04 bits per heavy atom. The smallest absolute Gasteiger partial charge is 0.251 e. The number of hydrogen-bond acceptors (Lipinski definition) is 5. The Morgan fingerprint density at radius 3 is 2.78 bits per heavy atom. The Bertz CT molecular complexity index is 782. The van der Waals surface area contributed by atoms with E-state index in [1.54, 1.807) is 36.7 Å². The van der Waals surface area contributed by atoms with Crippen molar-refractivity contribution in [3.63, 3.8) is 0 Å². The maximum absolute atomic E-state index is 12.0. The van der Waals surface area contributed by atoms with Gasteiger partial charge in [-0.1, -0.05) is 6.07 Å². The number of H-pyrrole nitrogens is 1. The van der Waals surface area contributed by atoms with Crippen LogP contribution in [0.3, 0.4) is 0 Å². The van der Waals surface area contributed by atoms with Gasteiger partial charge in [0.2, 0.25) is 0 Å². The normalized spacial score (nSPS) is 10.4. The summed E-state index contributed by atoms with van der Waals surface area (Å²) in [5.74, 6) is 1.08. The SMILES string of the molecule is Nc1ccc(C(=O)NCc2nc(Cc3cccnc3)n[nH]2)cc1. The topological polar surface area (TPSA) is 110 Å². The van der Waals surface area contributed by atoms with Gasteiger partial charge in [-0.15, -0.1) is 0 Å². The summed E-state index contributed by atoms with van der Waals surface area (Å²) in [6, 6.07) is 10.6. The van der Waals surface area contributed by atoms with E-state index in [0.29, 0.717) is 29.3 Å². The van der Waals surface area contributed by atoms with Gasteiger partial charge < -0.3 is 11.1 Å². The van der Waals surface area contributed by atoms with Crippen LogP contribution in [0.15, 0.2) is 48.8 Å². The number of carbonyl (C=O) groups excluding carboxylic acids is 1. The van der Waals surface area contributed by atoms with E-state index >= 15 is 0 Å². The minimum atomic E-state index is -0.185. The average molecular weight is 308 g/mol. The number of nitrogens with one attached hydrogen (secondary N) is 2. The van der Waals surface area contributed by atoms with Gasteiger partial charge in [0.25, 0.3) is 5.91 Å². The van der Waals surface area contributed by atoms with E-state index in [2.05, 4.69) is 25.5 Å². The van der Waals surface area contributed by atoms with E-state index in [-0.39, 0.29) is 12.5 Å². The van der Waals surface area contributed by atoms with Gasteiger partial charge in [0.05, 0.1) is 6.54 Å². The Labute approximate surface area is 133 Å². The zero-order valence-electron chi connectivity index (χ0n) is 12.4. The van der Waals surface area contributed by atoms with Crippen molar-refractivity contribution in [3.05, 3.63) is 71.6 Å². The first-order valence-electron chi connectivity index (χ1n) is 7.13. The molecule has 2 aromatic heterocycles. The van der Waals surface area contributed by atoms with Crippen molar-refractivity contribution in [3.8, 4) is 0 Å². The molecule has 3 aromatic rings. The molecule has 116 valence electrons. The molecule has 0 radical (unpaired) electrons. The van der Waals surface area contributed by atoms with Crippen molar-refractivity contribution in [2.45, 2.75) is 13.0 Å². The van der Waals surface area contributed by atoms with Crippen LogP contribution in [0, 0.1) is 0 Å². The summed E-state index contributed by atoms with van der Waals surface area (Å²) in [4.78, 5) is 20.4. The number of nitrogen functional groups attached to an aromatic ring is 1. The van der Waals surface area contributed by atoms with E-state index in [4.69, 9.17) is 5.73 Å². The first-order chi connectivity index (χ1) is 11.2. The van der Waals surface area contributed by atoms with Crippen LogP contribution in [0.2, 0.25) is 0 Å². The van der Waals surface area contributed by atoms with Crippen LogP contribution in [0.1, 0.15) is 27.6 Å². The quantitative estimate of drug-likeness (QED) is 0.615. The zero-order chi connectivity index (χ0) is 16.1. The third-order valence-electron chi connectivity index (χ3n) is 3.25. The highest BCUT2D eigenvalue weighted by Gasteiger charge is 2.08. The largest absolute Gasteiger partial charge is 0.399 e. The van der Waals surface area contributed by atoms with E-state index < -0.39 is 0 Å². The molecular formula is C16H16N6O. The molecule has 4 N–H and O–H groups in total. The highest BCUT2D eigenvalue weighted by atomic mass is 16.1. The number of pyridine rings is 1. The number of nitrogens with two attached hydrogens (primary N) is 1. The third-order valence-corrected chi connectivity index (χ3v) is 3.25. The van der Waals surface area contributed by atoms with Crippen LogP contribution in [-0.4, -0.2) is 26.1 Å². The minimum Gasteiger partial charge on any atom is -0.399 e.